The number of likely N-dealkylation sites (N-methyl/N-ethyl adjacent to an activating group) is 1. The lowest BCUT2D eigenvalue weighted by Gasteiger charge is -2.32. The standard InChI is InChI=1S/C16H22BrN3/c1-12-9-19(3)11-15(6-7-18)20(10-12)14-4-5-16(17)13(2)8-14/h4-5,8,12,15H,6,9-11H2,1-3H3. The minimum atomic E-state index is 0.274. The average Bonchev–Trinajstić information content (AvgIpc) is 2.52. The summed E-state index contributed by atoms with van der Waals surface area (Å²) in [6.07, 6.45) is 0.576. The number of aryl methyl sites for hydroxylation is 1. The summed E-state index contributed by atoms with van der Waals surface area (Å²) in [4.78, 5) is 4.76. The van der Waals surface area contributed by atoms with Gasteiger partial charge in [-0.1, -0.05) is 22.9 Å². The van der Waals surface area contributed by atoms with E-state index < -0.39 is 0 Å². The Bertz CT molecular complexity index is 509. The highest BCUT2D eigenvalue weighted by Gasteiger charge is 2.26. The third-order valence-electron chi connectivity index (χ3n) is 3.89. The van der Waals surface area contributed by atoms with E-state index in [1.807, 2.05) is 0 Å². The molecule has 1 aliphatic heterocycles. The van der Waals surface area contributed by atoms with Gasteiger partial charge in [0.2, 0.25) is 0 Å². The summed E-state index contributed by atoms with van der Waals surface area (Å²) in [5.74, 6) is 0.604. The molecule has 0 spiro atoms. The van der Waals surface area contributed by atoms with Crippen LogP contribution in [0.25, 0.3) is 0 Å². The quantitative estimate of drug-likeness (QED) is 0.829. The van der Waals surface area contributed by atoms with Gasteiger partial charge in [0.25, 0.3) is 0 Å². The second kappa shape index (κ2) is 6.60. The molecule has 0 bridgehead atoms. The molecule has 1 aromatic carbocycles. The van der Waals surface area contributed by atoms with Crippen molar-refractivity contribution in [2.24, 2.45) is 5.92 Å². The van der Waals surface area contributed by atoms with E-state index >= 15 is 0 Å². The van der Waals surface area contributed by atoms with E-state index in [9.17, 15) is 0 Å². The van der Waals surface area contributed by atoms with Crippen LogP contribution in [-0.2, 0) is 0 Å². The monoisotopic (exact) mass is 335 g/mol. The largest absolute Gasteiger partial charge is 0.366 e. The number of halogens is 1. The zero-order chi connectivity index (χ0) is 14.7. The first-order valence-corrected chi connectivity index (χ1v) is 7.89. The Hall–Kier alpha value is -1.05. The third-order valence-corrected chi connectivity index (χ3v) is 4.78. The topological polar surface area (TPSA) is 30.3 Å². The van der Waals surface area contributed by atoms with Crippen molar-refractivity contribution in [2.75, 3.05) is 31.6 Å². The van der Waals surface area contributed by atoms with Gasteiger partial charge in [-0.3, -0.25) is 0 Å². The average molecular weight is 336 g/mol. The predicted octanol–water partition coefficient (Wildman–Crippen LogP) is 3.43. The maximum absolute atomic E-state index is 9.12. The molecule has 0 saturated carbocycles. The van der Waals surface area contributed by atoms with Crippen molar-refractivity contribution in [2.45, 2.75) is 26.3 Å². The van der Waals surface area contributed by atoms with Crippen LogP contribution in [0.5, 0.6) is 0 Å². The number of nitrogens with zero attached hydrogens (tertiary/aromatic N) is 3. The molecule has 2 unspecified atom stereocenters. The fourth-order valence-electron chi connectivity index (χ4n) is 3.01. The van der Waals surface area contributed by atoms with Gasteiger partial charge < -0.3 is 9.80 Å². The number of hydrogen-bond acceptors (Lipinski definition) is 3. The molecule has 4 heteroatoms. The molecule has 20 heavy (non-hydrogen) atoms. The Balaban J connectivity index is 2.32. The minimum Gasteiger partial charge on any atom is -0.366 e. The molecular weight excluding hydrogens is 314 g/mol. The van der Waals surface area contributed by atoms with Crippen molar-refractivity contribution >= 4 is 21.6 Å². The van der Waals surface area contributed by atoms with E-state index in [2.05, 4.69) is 70.9 Å². The van der Waals surface area contributed by atoms with Gasteiger partial charge in [-0.05, 0) is 43.7 Å². The normalized spacial score (nSPS) is 24.2. The number of nitriles is 1. The number of benzene rings is 1. The fourth-order valence-corrected chi connectivity index (χ4v) is 3.26. The molecule has 108 valence electrons. The Labute approximate surface area is 130 Å². The van der Waals surface area contributed by atoms with E-state index in [-0.39, 0.29) is 6.04 Å². The molecule has 0 radical (unpaired) electrons. The van der Waals surface area contributed by atoms with Gasteiger partial charge in [0.1, 0.15) is 0 Å². The summed E-state index contributed by atoms with van der Waals surface area (Å²) < 4.78 is 1.14. The fraction of sp³-hybridized carbons (Fsp3) is 0.562. The molecule has 1 aliphatic rings. The van der Waals surface area contributed by atoms with E-state index in [1.165, 1.54) is 11.3 Å². The molecule has 0 amide bonds. The van der Waals surface area contributed by atoms with Crippen molar-refractivity contribution in [3.05, 3.63) is 28.2 Å². The first-order valence-electron chi connectivity index (χ1n) is 7.09. The second-order valence-corrected chi connectivity index (χ2v) is 6.78. The third kappa shape index (κ3) is 3.53. The summed E-state index contributed by atoms with van der Waals surface area (Å²) in [6, 6.07) is 9.09. The van der Waals surface area contributed by atoms with Crippen LogP contribution >= 0.6 is 15.9 Å². The van der Waals surface area contributed by atoms with Crippen LogP contribution in [0.3, 0.4) is 0 Å². The smallest absolute Gasteiger partial charge is 0.0643 e. The Morgan fingerprint density at radius 3 is 2.75 bits per heavy atom. The van der Waals surface area contributed by atoms with Gasteiger partial charge in [-0.15, -0.1) is 0 Å². The highest BCUT2D eigenvalue weighted by atomic mass is 79.9. The van der Waals surface area contributed by atoms with Gasteiger partial charge >= 0.3 is 0 Å². The van der Waals surface area contributed by atoms with Crippen molar-refractivity contribution in [1.29, 1.82) is 5.26 Å². The molecule has 2 rings (SSSR count). The van der Waals surface area contributed by atoms with E-state index in [1.54, 1.807) is 0 Å². The van der Waals surface area contributed by atoms with Gasteiger partial charge in [0.15, 0.2) is 0 Å². The zero-order valence-corrected chi connectivity index (χ0v) is 14.0. The van der Waals surface area contributed by atoms with Crippen LogP contribution in [-0.4, -0.2) is 37.6 Å². The summed E-state index contributed by atoms with van der Waals surface area (Å²) in [5, 5.41) is 9.12. The molecule has 0 aromatic heterocycles. The Kier molecular flexibility index (Phi) is 5.06. The van der Waals surface area contributed by atoms with Crippen LogP contribution < -0.4 is 4.90 Å². The maximum atomic E-state index is 9.12. The SMILES string of the molecule is Cc1cc(N2CC(C)CN(C)CC2CC#N)ccc1Br. The number of rotatable bonds is 2. The first kappa shape index (κ1) is 15.3. The van der Waals surface area contributed by atoms with Gasteiger partial charge in [-0.25, -0.2) is 0 Å². The summed E-state index contributed by atoms with van der Waals surface area (Å²) >= 11 is 3.56. The lowest BCUT2D eigenvalue weighted by atomic mass is 10.1. The molecule has 1 heterocycles. The summed E-state index contributed by atoms with van der Waals surface area (Å²) in [7, 11) is 2.15. The highest BCUT2D eigenvalue weighted by Crippen LogP contribution is 2.27. The second-order valence-electron chi connectivity index (χ2n) is 5.93. The first-order chi connectivity index (χ1) is 9.51. The number of hydrogen-bond donors (Lipinski definition) is 0. The lowest BCUT2D eigenvalue weighted by Crippen LogP contribution is -2.40. The van der Waals surface area contributed by atoms with E-state index in [0.717, 1.165) is 24.1 Å². The molecule has 1 saturated heterocycles. The molecule has 0 N–H and O–H groups in total. The van der Waals surface area contributed by atoms with Crippen LogP contribution in [0.4, 0.5) is 5.69 Å². The molecule has 3 nitrogen and oxygen atoms in total. The van der Waals surface area contributed by atoms with Gasteiger partial charge in [-0.2, -0.15) is 5.26 Å². The molecular formula is C16H22BrN3. The predicted molar refractivity (Wildman–Crippen MR) is 86.9 cm³/mol. The molecule has 1 fully saturated rings. The van der Waals surface area contributed by atoms with E-state index in [4.69, 9.17) is 5.26 Å². The summed E-state index contributed by atoms with van der Waals surface area (Å²) in [6.45, 7) is 7.45. The van der Waals surface area contributed by atoms with Gasteiger partial charge in [0.05, 0.1) is 18.5 Å². The minimum absolute atomic E-state index is 0.274. The van der Waals surface area contributed by atoms with Crippen molar-refractivity contribution in [3.63, 3.8) is 0 Å². The zero-order valence-electron chi connectivity index (χ0n) is 12.4. The lowest BCUT2D eigenvalue weighted by molar-refractivity contribution is 0.304. The Morgan fingerprint density at radius 2 is 2.10 bits per heavy atom. The van der Waals surface area contributed by atoms with Crippen LogP contribution in [0.2, 0.25) is 0 Å². The van der Waals surface area contributed by atoms with Crippen LogP contribution in [0.1, 0.15) is 18.9 Å². The van der Waals surface area contributed by atoms with Crippen molar-refractivity contribution < 1.29 is 0 Å². The highest BCUT2D eigenvalue weighted by molar-refractivity contribution is 9.10. The Morgan fingerprint density at radius 1 is 1.35 bits per heavy atom. The molecule has 2 atom stereocenters. The van der Waals surface area contributed by atoms with Gasteiger partial charge in [0, 0.05) is 29.8 Å². The number of anilines is 1. The van der Waals surface area contributed by atoms with E-state index in [0.29, 0.717) is 12.3 Å². The van der Waals surface area contributed by atoms with Crippen LogP contribution in [0, 0.1) is 24.2 Å². The maximum Gasteiger partial charge on any atom is 0.0643 e. The molecule has 1 aromatic rings. The van der Waals surface area contributed by atoms with Crippen molar-refractivity contribution in [3.8, 4) is 6.07 Å². The van der Waals surface area contributed by atoms with Crippen LogP contribution in [0.15, 0.2) is 22.7 Å². The summed E-state index contributed by atoms with van der Waals surface area (Å²) in [5.41, 5.74) is 2.47. The molecule has 0 aliphatic carbocycles. The van der Waals surface area contributed by atoms with Crippen molar-refractivity contribution in [1.82, 2.24) is 4.90 Å².